The highest BCUT2D eigenvalue weighted by Crippen LogP contribution is 2.22. The fourth-order valence-corrected chi connectivity index (χ4v) is 3.01. The van der Waals surface area contributed by atoms with E-state index in [9.17, 15) is 0 Å². The Morgan fingerprint density at radius 3 is 2.65 bits per heavy atom. The number of nitrogens with one attached hydrogen (secondary N) is 1. The summed E-state index contributed by atoms with van der Waals surface area (Å²) >= 11 is 1.82. The summed E-state index contributed by atoms with van der Waals surface area (Å²) in [5.74, 6) is 0.686. The Hall–Kier alpha value is -1.32. The molecule has 1 aromatic carbocycles. The maximum Gasteiger partial charge on any atom is 0.0519 e. The third kappa shape index (κ3) is 4.36. The van der Waals surface area contributed by atoms with Crippen LogP contribution in [0.1, 0.15) is 24.3 Å². The second-order valence-electron chi connectivity index (χ2n) is 5.59. The highest BCUT2D eigenvalue weighted by Gasteiger charge is 2.08. The molecule has 0 aliphatic carbocycles. The molecule has 0 aliphatic rings. The summed E-state index contributed by atoms with van der Waals surface area (Å²) in [4.78, 5) is 3.73. The van der Waals surface area contributed by atoms with Crippen LogP contribution in [0.25, 0.3) is 0 Å². The van der Waals surface area contributed by atoms with Crippen molar-refractivity contribution < 1.29 is 0 Å². The smallest absolute Gasteiger partial charge is 0.0519 e. The van der Waals surface area contributed by atoms with Crippen LogP contribution in [0.4, 0.5) is 5.69 Å². The molecule has 0 atom stereocenters. The van der Waals surface area contributed by atoms with Gasteiger partial charge in [-0.1, -0.05) is 38.1 Å². The Morgan fingerprint density at radius 1 is 1.15 bits per heavy atom. The topological polar surface area (TPSA) is 15.3 Å². The van der Waals surface area contributed by atoms with Gasteiger partial charge in [0.05, 0.1) is 6.54 Å². The van der Waals surface area contributed by atoms with E-state index in [0.717, 1.165) is 19.6 Å². The van der Waals surface area contributed by atoms with Crippen LogP contribution in [0.2, 0.25) is 0 Å². The Labute approximate surface area is 126 Å². The number of para-hydroxylation sites is 1. The first-order chi connectivity index (χ1) is 9.66. The number of benzene rings is 1. The Kier molecular flexibility index (Phi) is 5.62. The molecule has 2 aromatic rings. The highest BCUT2D eigenvalue weighted by atomic mass is 32.1. The van der Waals surface area contributed by atoms with E-state index in [1.807, 2.05) is 11.3 Å². The van der Waals surface area contributed by atoms with Gasteiger partial charge in [0.15, 0.2) is 0 Å². The van der Waals surface area contributed by atoms with Gasteiger partial charge in [-0.3, -0.25) is 0 Å². The average molecular weight is 288 g/mol. The van der Waals surface area contributed by atoms with Gasteiger partial charge in [-0.15, -0.1) is 11.3 Å². The predicted molar refractivity (Wildman–Crippen MR) is 89.4 cm³/mol. The van der Waals surface area contributed by atoms with E-state index in [1.165, 1.54) is 16.1 Å². The third-order valence-electron chi connectivity index (χ3n) is 3.24. The molecule has 2 rings (SSSR count). The lowest BCUT2D eigenvalue weighted by molar-refractivity contribution is 0.552. The first-order valence-electron chi connectivity index (χ1n) is 7.19. The summed E-state index contributed by atoms with van der Waals surface area (Å²) in [5.41, 5.74) is 2.68. The average Bonchev–Trinajstić information content (AvgIpc) is 2.91. The van der Waals surface area contributed by atoms with Gasteiger partial charge in [-0.05, 0) is 35.5 Å². The first-order valence-corrected chi connectivity index (χ1v) is 8.07. The number of thiophene rings is 1. The highest BCUT2D eigenvalue weighted by molar-refractivity contribution is 7.09. The standard InChI is InChI=1S/C17H24N2S/c1-14(2)11-18-12-15-7-4-5-9-17(15)19(3)13-16-8-6-10-20-16/h4-10,14,18H,11-13H2,1-3H3. The molecule has 0 aliphatic heterocycles. The van der Waals surface area contributed by atoms with Gasteiger partial charge in [-0.25, -0.2) is 0 Å². The van der Waals surface area contributed by atoms with Crippen molar-refractivity contribution in [2.75, 3.05) is 18.5 Å². The maximum atomic E-state index is 3.53. The quantitative estimate of drug-likeness (QED) is 0.824. The monoisotopic (exact) mass is 288 g/mol. The van der Waals surface area contributed by atoms with Gasteiger partial charge in [-0.2, -0.15) is 0 Å². The number of nitrogens with zero attached hydrogens (tertiary/aromatic N) is 1. The van der Waals surface area contributed by atoms with Crippen LogP contribution in [0.15, 0.2) is 41.8 Å². The summed E-state index contributed by atoms with van der Waals surface area (Å²) in [6, 6.07) is 13.0. The van der Waals surface area contributed by atoms with Crippen molar-refractivity contribution in [3.8, 4) is 0 Å². The van der Waals surface area contributed by atoms with Crippen LogP contribution in [0.3, 0.4) is 0 Å². The van der Waals surface area contributed by atoms with Gasteiger partial charge in [0.2, 0.25) is 0 Å². The molecule has 3 heteroatoms. The minimum absolute atomic E-state index is 0.686. The Morgan fingerprint density at radius 2 is 1.95 bits per heavy atom. The van der Waals surface area contributed by atoms with Crippen molar-refractivity contribution in [2.45, 2.75) is 26.9 Å². The van der Waals surface area contributed by atoms with Crippen LogP contribution in [0, 0.1) is 5.92 Å². The fourth-order valence-electron chi connectivity index (χ4n) is 2.25. The van der Waals surface area contributed by atoms with E-state index in [4.69, 9.17) is 0 Å². The second-order valence-corrected chi connectivity index (χ2v) is 6.62. The van der Waals surface area contributed by atoms with E-state index < -0.39 is 0 Å². The van der Waals surface area contributed by atoms with Crippen LogP contribution in [0.5, 0.6) is 0 Å². The fraction of sp³-hybridized carbons (Fsp3) is 0.412. The molecular weight excluding hydrogens is 264 g/mol. The summed E-state index contributed by atoms with van der Waals surface area (Å²) in [6.07, 6.45) is 0. The Bertz CT molecular complexity index is 505. The minimum atomic E-state index is 0.686. The van der Waals surface area contributed by atoms with Crippen molar-refractivity contribution in [1.29, 1.82) is 0 Å². The lowest BCUT2D eigenvalue weighted by Gasteiger charge is -2.22. The van der Waals surface area contributed by atoms with Gasteiger partial charge in [0.1, 0.15) is 0 Å². The van der Waals surface area contributed by atoms with E-state index in [0.29, 0.717) is 5.92 Å². The number of anilines is 1. The molecule has 1 aromatic heterocycles. The molecule has 20 heavy (non-hydrogen) atoms. The molecule has 0 unspecified atom stereocenters. The summed E-state index contributed by atoms with van der Waals surface area (Å²) in [7, 11) is 2.17. The first kappa shape index (κ1) is 15.1. The van der Waals surface area contributed by atoms with E-state index >= 15 is 0 Å². The van der Waals surface area contributed by atoms with Gasteiger partial charge < -0.3 is 10.2 Å². The summed E-state index contributed by atoms with van der Waals surface area (Å²) in [6.45, 7) is 7.44. The van der Waals surface area contributed by atoms with E-state index in [2.05, 4.69) is 72.9 Å². The van der Waals surface area contributed by atoms with Crippen molar-refractivity contribution >= 4 is 17.0 Å². The molecule has 0 bridgehead atoms. The molecule has 2 nitrogen and oxygen atoms in total. The van der Waals surface area contributed by atoms with Crippen molar-refractivity contribution in [3.63, 3.8) is 0 Å². The largest absolute Gasteiger partial charge is 0.369 e. The zero-order valence-corrected chi connectivity index (χ0v) is 13.4. The lowest BCUT2D eigenvalue weighted by Crippen LogP contribution is -2.22. The number of hydrogen-bond acceptors (Lipinski definition) is 3. The Balaban J connectivity index is 2.02. The zero-order chi connectivity index (χ0) is 14.4. The number of rotatable bonds is 7. The van der Waals surface area contributed by atoms with E-state index in [1.54, 1.807) is 0 Å². The van der Waals surface area contributed by atoms with Crippen LogP contribution < -0.4 is 10.2 Å². The van der Waals surface area contributed by atoms with Crippen LogP contribution in [-0.2, 0) is 13.1 Å². The lowest BCUT2D eigenvalue weighted by atomic mass is 10.1. The van der Waals surface area contributed by atoms with Gasteiger partial charge >= 0.3 is 0 Å². The molecule has 1 heterocycles. The molecule has 0 saturated heterocycles. The van der Waals surface area contributed by atoms with Crippen molar-refractivity contribution in [3.05, 3.63) is 52.2 Å². The second kappa shape index (κ2) is 7.46. The molecule has 1 N–H and O–H groups in total. The zero-order valence-electron chi connectivity index (χ0n) is 12.6. The van der Waals surface area contributed by atoms with Crippen molar-refractivity contribution in [2.24, 2.45) is 5.92 Å². The molecular formula is C17H24N2S. The summed E-state index contributed by atoms with van der Waals surface area (Å²) < 4.78 is 0. The molecule has 0 radical (unpaired) electrons. The SMILES string of the molecule is CC(C)CNCc1ccccc1N(C)Cc1cccs1. The molecule has 0 spiro atoms. The summed E-state index contributed by atoms with van der Waals surface area (Å²) in [5, 5.41) is 5.67. The molecule has 0 amide bonds. The van der Waals surface area contributed by atoms with E-state index in [-0.39, 0.29) is 0 Å². The normalized spacial score (nSPS) is 11.0. The minimum Gasteiger partial charge on any atom is -0.369 e. The predicted octanol–water partition coefficient (Wildman–Crippen LogP) is 4.13. The van der Waals surface area contributed by atoms with Gasteiger partial charge in [0, 0.05) is 24.2 Å². The van der Waals surface area contributed by atoms with Crippen LogP contribution in [-0.4, -0.2) is 13.6 Å². The van der Waals surface area contributed by atoms with Crippen LogP contribution >= 0.6 is 11.3 Å². The number of hydrogen-bond donors (Lipinski definition) is 1. The molecule has 108 valence electrons. The maximum absolute atomic E-state index is 3.53. The molecule has 0 fully saturated rings. The van der Waals surface area contributed by atoms with Gasteiger partial charge in [0.25, 0.3) is 0 Å². The third-order valence-corrected chi connectivity index (χ3v) is 4.11. The van der Waals surface area contributed by atoms with Crippen molar-refractivity contribution in [1.82, 2.24) is 5.32 Å². The molecule has 0 saturated carbocycles.